The molecular formula is C16H26BrNO. The van der Waals surface area contributed by atoms with Gasteiger partial charge in [-0.05, 0) is 31.2 Å². The van der Waals surface area contributed by atoms with Gasteiger partial charge in [0.05, 0.1) is 7.11 Å². The van der Waals surface area contributed by atoms with Gasteiger partial charge in [0.15, 0.2) is 0 Å². The summed E-state index contributed by atoms with van der Waals surface area (Å²) in [6.45, 7) is 5.39. The monoisotopic (exact) mass is 327 g/mol. The Labute approximate surface area is 126 Å². The third-order valence-electron chi connectivity index (χ3n) is 3.36. The average Bonchev–Trinajstić information content (AvgIpc) is 2.42. The maximum atomic E-state index is 5.49. The Hall–Kier alpha value is -0.540. The van der Waals surface area contributed by atoms with Crippen molar-refractivity contribution >= 4 is 15.9 Å². The molecule has 1 rings (SSSR count). The van der Waals surface area contributed by atoms with Crippen molar-refractivity contribution in [3.63, 3.8) is 0 Å². The number of rotatable bonds is 9. The highest BCUT2D eigenvalue weighted by molar-refractivity contribution is 9.10. The zero-order valence-electron chi connectivity index (χ0n) is 12.3. The number of unbranched alkanes of at least 4 members (excludes halogenated alkanes) is 3. The first-order chi connectivity index (χ1) is 9.22. The van der Waals surface area contributed by atoms with Gasteiger partial charge in [-0.1, -0.05) is 55.5 Å². The number of ether oxygens (including phenoxy) is 1. The second-order valence-electron chi connectivity index (χ2n) is 4.85. The Balaban J connectivity index is 2.76. The van der Waals surface area contributed by atoms with E-state index < -0.39 is 0 Å². The van der Waals surface area contributed by atoms with Gasteiger partial charge in [-0.3, -0.25) is 0 Å². The Morgan fingerprint density at radius 2 is 2.00 bits per heavy atom. The van der Waals surface area contributed by atoms with Gasteiger partial charge in [-0.25, -0.2) is 0 Å². The molecule has 1 aromatic carbocycles. The molecule has 0 heterocycles. The van der Waals surface area contributed by atoms with Crippen LogP contribution in [0.2, 0.25) is 0 Å². The smallest absolute Gasteiger partial charge is 0.123 e. The van der Waals surface area contributed by atoms with Gasteiger partial charge in [0, 0.05) is 16.1 Å². The molecule has 0 fully saturated rings. The lowest BCUT2D eigenvalue weighted by Gasteiger charge is -2.21. The molecule has 0 bridgehead atoms. The SMILES string of the molecule is CCCCCCC(NCC)c1cc(Br)ccc1OC. The van der Waals surface area contributed by atoms with E-state index in [9.17, 15) is 0 Å². The summed E-state index contributed by atoms with van der Waals surface area (Å²) in [6, 6.07) is 6.62. The highest BCUT2D eigenvalue weighted by Gasteiger charge is 2.15. The fourth-order valence-corrected chi connectivity index (χ4v) is 2.75. The second kappa shape index (κ2) is 9.38. The van der Waals surface area contributed by atoms with Gasteiger partial charge in [0.25, 0.3) is 0 Å². The molecule has 0 aliphatic carbocycles. The molecular weight excluding hydrogens is 302 g/mol. The van der Waals surface area contributed by atoms with Crippen LogP contribution in [0.3, 0.4) is 0 Å². The first kappa shape index (κ1) is 16.5. The fraction of sp³-hybridized carbons (Fsp3) is 0.625. The molecule has 1 aromatic rings. The summed E-state index contributed by atoms with van der Waals surface area (Å²) in [5.41, 5.74) is 1.26. The van der Waals surface area contributed by atoms with Crippen LogP contribution in [-0.2, 0) is 0 Å². The van der Waals surface area contributed by atoms with E-state index in [1.54, 1.807) is 7.11 Å². The van der Waals surface area contributed by atoms with E-state index in [0.29, 0.717) is 6.04 Å². The van der Waals surface area contributed by atoms with E-state index in [4.69, 9.17) is 4.74 Å². The molecule has 0 radical (unpaired) electrons. The molecule has 1 unspecified atom stereocenters. The summed E-state index contributed by atoms with van der Waals surface area (Å²) < 4.78 is 6.61. The molecule has 0 saturated heterocycles. The van der Waals surface area contributed by atoms with E-state index in [1.165, 1.54) is 37.7 Å². The van der Waals surface area contributed by atoms with Gasteiger partial charge in [0.1, 0.15) is 5.75 Å². The van der Waals surface area contributed by atoms with Crippen LogP contribution in [-0.4, -0.2) is 13.7 Å². The molecule has 1 atom stereocenters. The molecule has 0 aliphatic heterocycles. The minimum atomic E-state index is 0.384. The Morgan fingerprint density at radius 1 is 1.21 bits per heavy atom. The maximum Gasteiger partial charge on any atom is 0.123 e. The highest BCUT2D eigenvalue weighted by atomic mass is 79.9. The largest absolute Gasteiger partial charge is 0.496 e. The van der Waals surface area contributed by atoms with Crippen molar-refractivity contribution in [2.75, 3.05) is 13.7 Å². The van der Waals surface area contributed by atoms with E-state index in [1.807, 2.05) is 12.1 Å². The minimum Gasteiger partial charge on any atom is -0.496 e. The average molecular weight is 328 g/mol. The molecule has 1 N–H and O–H groups in total. The van der Waals surface area contributed by atoms with Crippen molar-refractivity contribution < 1.29 is 4.74 Å². The molecule has 2 nitrogen and oxygen atoms in total. The van der Waals surface area contributed by atoms with Crippen LogP contribution in [0.25, 0.3) is 0 Å². The molecule has 19 heavy (non-hydrogen) atoms. The van der Waals surface area contributed by atoms with Crippen molar-refractivity contribution in [3.8, 4) is 5.75 Å². The first-order valence-electron chi connectivity index (χ1n) is 7.29. The van der Waals surface area contributed by atoms with E-state index >= 15 is 0 Å². The topological polar surface area (TPSA) is 21.3 Å². The molecule has 3 heteroatoms. The summed E-state index contributed by atoms with van der Waals surface area (Å²) in [5, 5.41) is 3.58. The fourth-order valence-electron chi connectivity index (χ4n) is 2.37. The van der Waals surface area contributed by atoms with Crippen LogP contribution in [0.1, 0.15) is 57.6 Å². The zero-order chi connectivity index (χ0) is 14.1. The van der Waals surface area contributed by atoms with Gasteiger partial charge in [-0.2, -0.15) is 0 Å². The van der Waals surface area contributed by atoms with Crippen molar-refractivity contribution in [1.82, 2.24) is 5.32 Å². The lowest BCUT2D eigenvalue weighted by molar-refractivity contribution is 0.393. The Bertz CT molecular complexity index is 368. The van der Waals surface area contributed by atoms with Crippen molar-refractivity contribution in [1.29, 1.82) is 0 Å². The van der Waals surface area contributed by atoms with Crippen LogP contribution in [0, 0.1) is 0 Å². The lowest BCUT2D eigenvalue weighted by atomic mass is 9.99. The number of hydrogen-bond acceptors (Lipinski definition) is 2. The third-order valence-corrected chi connectivity index (χ3v) is 3.86. The number of nitrogens with one attached hydrogen (secondary N) is 1. The predicted molar refractivity (Wildman–Crippen MR) is 85.9 cm³/mol. The maximum absolute atomic E-state index is 5.49. The van der Waals surface area contributed by atoms with E-state index in [-0.39, 0.29) is 0 Å². The van der Waals surface area contributed by atoms with Crippen LogP contribution in [0.4, 0.5) is 0 Å². The summed E-state index contributed by atoms with van der Waals surface area (Å²) >= 11 is 3.55. The molecule has 0 aromatic heterocycles. The van der Waals surface area contributed by atoms with Crippen molar-refractivity contribution in [3.05, 3.63) is 28.2 Å². The van der Waals surface area contributed by atoms with Crippen molar-refractivity contribution in [2.45, 2.75) is 52.0 Å². The van der Waals surface area contributed by atoms with Gasteiger partial charge in [-0.15, -0.1) is 0 Å². The van der Waals surface area contributed by atoms with Crippen LogP contribution >= 0.6 is 15.9 Å². The predicted octanol–water partition coefficient (Wildman–Crippen LogP) is 5.08. The molecule has 0 aliphatic rings. The summed E-state index contributed by atoms with van der Waals surface area (Å²) in [7, 11) is 1.74. The third kappa shape index (κ3) is 5.53. The van der Waals surface area contributed by atoms with E-state index in [2.05, 4.69) is 41.2 Å². The number of hydrogen-bond donors (Lipinski definition) is 1. The van der Waals surface area contributed by atoms with Gasteiger partial charge >= 0.3 is 0 Å². The molecule has 0 spiro atoms. The summed E-state index contributed by atoms with van der Waals surface area (Å²) in [6.07, 6.45) is 6.36. The summed E-state index contributed by atoms with van der Waals surface area (Å²) in [4.78, 5) is 0. The first-order valence-corrected chi connectivity index (χ1v) is 8.09. The molecule has 0 amide bonds. The Morgan fingerprint density at radius 3 is 2.63 bits per heavy atom. The van der Waals surface area contributed by atoms with Gasteiger partial charge < -0.3 is 10.1 Å². The second-order valence-corrected chi connectivity index (χ2v) is 5.76. The zero-order valence-corrected chi connectivity index (χ0v) is 13.9. The van der Waals surface area contributed by atoms with Crippen LogP contribution < -0.4 is 10.1 Å². The van der Waals surface area contributed by atoms with Crippen LogP contribution in [0.5, 0.6) is 5.75 Å². The number of methoxy groups -OCH3 is 1. The molecule has 0 saturated carbocycles. The normalized spacial score (nSPS) is 12.4. The quantitative estimate of drug-likeness (QED) is 0.638. The number of halogens is 1. The minimum absolute atomic E-state index is 0.384. The number of benzene rings is 1. The van der Waals surface area contributed by atoms with Gasteiger partial charge in [0.2, 0.25) is 0 Å². The molecule has 108 valence electrons. The standard InChI is InChI=1S/C16H26BrNO/c1-4-6-7-8-9-15(18-5-2)14-12-13(17)10-11-16(14)19-3/h10-12,15,18H,4-9H2,1-3H3. The van der Waals surface area contributed by atoms with E-state index in [0.717, 1.165) is 16.8 Å². The van der Waals surface area contributed by atoms with Crippen LogP contribution in [0.15, 0.2) is 22.7 Å². The Kier molecular flexibility index (Phi) is 8.15. The summed E-state index contributed by atoms with van der Waals surface area (Å²) in [5.74, 6) is 0.977. The highest BCUT2D eigenvalue weighted by Crippen LogP contribution is 2.31. The van der Waals surface area contributed by atoms with Crippen molar-refractivity contribution in [2.24, 2.45) is 0 Å². The lowest BCUT2D eigenvalue weighted by Crippen LogP contribution is -2.21.